The first kappa shape index (κ1) is 14.7. The van der Waals surface area contributed by atoms with Gasteiger partial charge >= 0.3 is 0 Å². The first-order valence-electron chi connectivity index (χ1n) is 6.64. The Morgan fingerprint density at radius 1 is 1.26 bits per heavy atom. The van der Waals surface area contributed by atoms with Crippen molar-refractivity contribution in [3.63, 3.8) is 0 Å². The predicted octanol–water partition coefficient (Wildman–Crippen LogP) is 3.73. The van der Waals surface area contributed by atoms with Gasteiger partial charge in [-0.05, 0) is 37.0 Å². The van der Waals surface area contributed by atoms with Gasteiger partial charge in [0, 0.05) is 12.3 Å². The largest absolute Gasteiger partial charge is 0.381 e. The van der Waals surface area contributed by atoms with Crippen LogP contribution in [0.5, 0.6) is 0 Å². The van der Waals surface area contributed by atoms with E-state index in [0.717, 1.165) is 12.1 Å². The Balaban J connectivity index is 2.24. The van der Waals surface area contributed by atoms with Crippen molar-refractivity contribution < 1.29 is 8.42 Å². The quantitative estimate of drug-likeness (QED) is 0.925. The molecule has 1 aromatic rings. The number of anilines is 1. The lowest BCUT2D eigenvalue weighted by atomic mass is 9.86. The highest BCUT2D eigenvalue weighted by atomic mass is 35.5. The van der Waals surface area contributed by atoms with Crippen LogP contribution in [0.2, 0.25) is 5.02 Å². The minimum Gasteiger partial charge on any atom is -0.381 e. The highest BCUT2D eigenvalue weighted by Gasteiger charge is 2.22. The van der Waals surface area contributed by atoms with Crippen LogP contribution in [-0.4, -0.2) is 20.7 Å². The summed E-state index contributed by atoms with van der Waals surface area (Å²) < 4.78 is 23.2. The Bertz CT molecular complexity index is 557. The summed E-state index contributed by atoms with van der Waals surface area (Å²) in [6.45, 7) is 2.23. The number of sulfone groups is 1. The van der Waals surface area contributed by atoms with Gasteiger partial charge in [0.1, 0.15) is 0 Å². The Morgan fingerprint density at radius 3 is 2.58 bits per heavy atom. The van der Waals surface area contributed by atoms with E-state index in [0.29, 0.717) is 21.9 Å². The molecule has 0 heterocycles. The lowest BCUT2D eigenvalue weighted by Crippen LogP contribution is -2.30. The Kier molecular flexibility index (Phi) is 4.41. The molecule has 0 amide bonds. The fraction of sp³-hybridized carbons (Fsp3) is 0.571. The van der Waals surface area contributed by atoms with E-state index in [2.05, 4.69) is 12.2 Å². The van der Waals surface area contributed by atoms with E-state index < -0.39 is 9.84 Å². The summed E-state index contributed by atoms with van der Waals surface area (Å²) in [7, 11) is -3.20. The summed E-state index contributed by atoms with van der Waals surface area (Å²) in [5.41, 5.74) is 0.725. The second-order valence-corrected chi connectivity index (χ2v) is 7.85. The van der Waals surface area contributed by atoms with Gasteiger partial charge in [0.2, 0.25) is 0 Å². The zero-order chi connectivity index (χ0) is 14.0. The van der Waals surface area contributed by atoms with Crippen molar-refractivity contribution in [2.24, 2.45) is 5.92 Å². The van der Waals surface area contributed by atoms with Gasteiger partial charge in [-0.3, -0.25) is 0 Å². The van der Waals surface area contributed by atoms with Crippen molar-refractivity contribution in [2.45, 2.75) is 43.5 Å². The molecular formula is C14H20ClNO2S. The number of halogens is 1. The molecule has 5 heteroatoms. The zero-order valence-electron chi connectivity index (χ0n) is 11.3. The molecule has 1 N–H and O–H groups in total. The topological polar surface area (TPSA) is 46.2 Å². The highest BCUT2D eigenvalue weighted by Crippen LogP contribution is 2.31. The number of rotatable bonds is 3. The van der Waals surface area contributed by atoms with Crippen LogP contribution in [0.15, 0.2) is 23.1 Å². The minimum atomic E-state index is -3.20. The van der Waals surface area contributed by atoms with E-state index in [-0.39, 0.29) is 0 Å². The van der Waals surface area contributed by atoms with Gasteiger partial charge in [-0.2, -0.15) is 0 Å². The Hall–Kier alpha value is -0.740. The molecule has 0 saturated heterocycles. The predicted molar refractivity (Wildman–Crippen MR) is 79.6 cm³/mol. The molecule has 1 aliphatic rings. The second-order valence-electron chi connectivity index (χ2n) is 5.43. The lowest BCUT2D eigenvalue weighted by molar-refractivity contribution is 0.349. The van der Waals surface area contributed by atoms with Gasteiger partial charge in [-0.25, -0.2) is 8.42 Å². The molecule has 19 heavy (non-hydrogen) atoms. The van der Waals surface area contributed by atoms with Gasteiger partial charge in [-0.1, -0.05) is 31.4 Å². The third kappa shape index (κ3) is 3.63. The summed E-state index contributed by atoms with van der Waals surface area (Å²) in [5, 5.41) is 3.99. The van der Waals surface area contributed by atoms with E-state index in [1.807, 2.05) is 0 Å². The molecule has 0 bridgehead atoms. The average molecular weight is 302 g/mol. The van der Waals surface area contributed by atoms with Crippen LogP contribution in [0.25, 0.3) is 0 Å². The van der Waals surface area contributed by atoms with Crippen molar-refractivity contribution in [1.82, 2.24) is 0 Å². The molecule has 3 nitrogen and oxygen atoms in total. The van der Waals surface area contributed by atoms with Crippen LogP contribution in [0.3, 0.4) is 0 Å². The fourth-order valence-electron chi connectivity index (χ4n) is 2.58. The van der Waals surface area contributed by atoms with Crippen molar-refractivity contribution in [3.05, 3.63) is 23.2 Å². The SMILES string of the molecule is CC1CCCCC1Nc1cc(S(C)(=O)=O)ccc1Cl. The zero-order valence-corrected chi connectivity index (χ0v) is 12.9. The normalized spacial score (nSPS) is 24.2. The van der Waals surface area contributed by atoms with Crippen LogP contribution in [0.1, 0.15) is 32.6 Å². The molecule has 2 unspecified atom stereocenters. The minimum absolute atomic E-state index is 0.308. The Labute approximate surface area is 120 Å². The third-order valence-electron chi connectivity index (χ3n) is 3.82. The van der Waals surface area contributed by atoms with E-state index in [1.54, 1.807) is 18.2 Å². The summed E-state index contributed by atoms with van der Waals surface area (Å²) in [5.74, 6) is 0.590. The molecule has 0 aliphatic heterocycles. The molecule has 1 saturated carbocycles. The van der Waals surface area contributed by atoms with Gasteiger partial charge in [-0.15, -0.1) is 0 Å². The van der Waals surface area contributed by atoms with Crippen molar-refractivity contribution in [2.75, 3.05) is 11.6 Å². The van der Waals surface area contributed by atoms with E-state index >= 15 is 0 Å². The average Bonchev–Trinajstić information content (AvgIpc) is 2.33. The van der Waals surface area contributed by atoms with Crippen molar-refractivity contribution >= 4 is 27.1 Å². The second kappa shape index (κ2) is 5.71. The Morgan fingerprint density at radius 2 is 1.95 bits per heavy atom. The van der Waals surface area contributed by atoms with Crippen LogP contribution in [0, 0.1) is 5.92 Å². The molecule has 106 valence electrons. The maximum absolute atomic E-state index is 11.6. The summed E-state index contributed by atoms with van der Waals surface area (Å²) in [6.07, 6.45) is 6.02. The van der Waals surface area contributed by atoms with Crippen LogP contribution < -0.4 is 5.32 Å². The maximum atomic E-state index is 11.6. The molecule has 0 aromatic heterocycles. The van der Waals surface area contributed by atoms with E-state index in [9.17, 15) is 8.42 Å². The lowest BCUT2D eigenvalue weighted by Gasteiger charge is -2.30. The van der Waals surface area contributed by atoms with Gasteiger partial charge in [0.05, 0.1) is 15.6 Å². The number of nitrogens with one attached hydrogen (secondary N) is 1. The standard InChI is InChI=1S/C14H20ClNO2S/c1-10-5-3-4-6-13(10)16-14-9-11(19(2,17)18)7-8-12(14)15/h7-10,13,16H,3-6H2,1-2H3. The molecule has 0 spiro atoms. The fourth-order valence-corrected chi connectivity index (χ4v) is 3.40. The highest BCUT2D eigenvalue weighted by molar-refractivity contribution is 7.90. The number of hydrogen-bond donors (Lipinski definition) is 1. The van der Waals surface area contributed by atoms with E-state index in [4.69, 9.17) is 11.6 Å². The molecule has 2 atom stereocenters. The van der Waals surface area contributed by atoms with Crippen molar-refractivity contribution in [3.8, 4) is 0 Å². The molecular weight excluding hydrogens is 282 g/mol. The van der Waals surface area contributed by atoms with Crippen LogP contribution in [0.4, 0.5) is 5.69 Å². The van der Waals surface area contributed by atoms with Gasteiger partial charge in [0.25, 0.3) is 0 Å². The molecule has 1 aliphatic carbocycles. The smallest absolute Gasteiger partial charge is 0.175 e. The first-order valence-corrected chi connectivity index (χ1v) is 8.91. The van der Waals surface area contributed by atoms with E-state index in [1.165, 1.54) is 25.5 Å². The van der Waals surface area contributed by atoms with Crippen LogP contribution >= 0.6 is 11.6 Å². The first-order chi connectivity index (χ1) is 8.88. The number of benzene rings is 1. The third-order valence-corrected chi connectivity index (χ3v) is 5.26. The van der Waals surface area contributed by atoms with Crippen molar-refractivity contribution in [1.29, 1.82) is 0 Å². The monoisotopic (exact) mass is 301 g/mol. The summed E-state index contributed by atoms with van der Waals surface area (Å²) >= 11 is 6.16. The summed E-state index contributed by atoms with van der Waals surface area (Å²) in [6, 6.07) is 5.21. The van der Waals surface area contributed by atoms with Gasteiger partial charge < -0.3 is 5.32 Å². The summed E-state index contributed by atoms with van der Waals surface area (Å²) in [4.78, 5) is 0.308. The molecule has 2 rings (SSSR count). The molecule has 0 radical (unpaired) electrons. The number of hydrogen-bond acceptors (Lipinski definition) is 3. The maximum Gasteiger partial charge on any atom is 0.175 e. The van der Waals surface area contributed by atoms with Crippen LogP contribution in [-0.2, 0) is 9.84 Å². The van der Waals surface area contributed by atoms with Gasteiger partial charge in [0.15, 0.2) is 9.84 Å². The molecule has 1 fully saturated rings. The molecule has 1 aromatic carbocycles.